The molecule has 2 aliphatic heterocycles. The standard InChI is InChI=1S/C11H21NS/c1-9-5-11(7-12-9)6-10-3-2-4-13-8-10/h9-12H,2-8H2,1H3. The van der Waals surface area contributed by atoms with Crippen molar-refractivity contribution in [2.24, 2.45) is 11.8 Å². The minimum Gasteiger partial charge on any atom is -0.314 e. The Balaban J connectivity index is 1.71. The smallest absolute Gasteiger partial charge is 0.00419 e. The van der Waals surface area contributed by atoms with Crippen LogP contribution in [0.3, 0.4) is 0 Å². The molecule has 0 aromatic rings. The van der Waals surface area contributed by atoms with Crippen LogP contribution in [0.15, 0.2) is 0 Å². The van der Waals surface area contributed by atoms with Crippen molar-refractivity contribution in [3.63, 3.8) is 0 Å². The van der Waals surface area contributed by atoms with Gasteiger partial charge in [0.25, 0.3) is 0 Å². The van der Waals surface area contributed by atoms with Crippen molar-refractivity contribution in [3.8, 4) is 0 Å². The van der Waals surface area contributed by atoms with Crippen molar-refractivity contribution in [2.45, 2.75) is 38.6 Å². The number of thioether (sulfide) groups is 1. The van der Waals surface area contributed by atoms with E-state index in [2.05, 4.69) is 24.0 Å². The van der Waals surface area contributed by atoms with Crippen molar-refractivity contribution in [1.29, 1.82) is 0 Å². The lowest BCUT2D eigenvalue weighted by atomic mass is 9.91. The van der Waals surface area contributed by atoms with Crippen LogP contribution < -0.4 is 5.32 Å². The van der Waals surface area contributed by atoms with Crippen LogP contribution in [0.2, 0.25) is 0 Å². The molecule has 2 saturated heterocycles. The summed E-state index contributed by atoms with van der Waals surface area (Å²) in [6.45, 7) is 3.60. The fourth-order valence-corrected chi connectivity index (χ4v) is 3.85. The Morgan fingerprint density at radius 2 is 2.31 bits per heavy atom. The highest BCUT2D eigenvalue weighted by atomic mass is 32.2. The van der Waals surface area contributed by atoms with E-state index in [-0.39, 0.29) is 0 Å². The van der Waals surface area contributed by atoms with Crippen molar-refractivity contribution >= 4 is 11.8 Å². The molecule has 3 atom stereocenters. The van der Waals surface area contributed by atoms with Gasteiger partial charge in [0.2, 0.25) is 0 Å². The van der Waals surface area contributed by atoms with Gasteiger partial charge in [-0.15, -0.1) is 0 Å². The first-order valence-corrected chi connectivity index (χ1v) is 6.81. The highest BCUT2D eigenvalue weighted by Crippen LogP contribution is 2.30. The molecule has 3 unspecified atom stereocenters. The minimum absolute atomic E-state index is 0.779. The summed E-state index contributed by atoms with van der Waals surface area (Å²) in [6.07, 6.45) is 5.87. The van der Waals surface area contributed by atoms with E-state index >= 15 is 0 Å². The summed E-state index contributed by atoms with van der Waals surface area (Å²) in [7, 11) is 0. The summed E-state index contributed by atoms with van der Waals surface area (Å²) in [5.74, 6) is 4.87. The van der Waals surface area contributed by atoms with Gasteiger partial charge in [0, 0.05) is 6.04 Å². The van der Waals surface area contributed by atoms with E-state index in [0.717, 1.165) is 17.9 Å². The zero-order valence-electron chi connectivity index (χ0n) is 8.59. The molecular weight excluding hydrogens is 178 g/mol. The quantitative estimate of drug-likeness (QED) is 0.733. The molecule has 0 aromatic carbocycles. The predicted molar refractivity (Wildman–Crippen MR) is 60.2 cm³/mol. The van der Waals surface area contributed by atoms with Crippen LogP contribution in [0.5, 0.6) is 0 Å². The van der Waals surface area contributed by atoms with E-state index in [9.17, 15) is 0 Å². The number of rotatable bonds is 2. The van der Waals surface area contributed by atoms with Crippen LogP contribution >= 0.6 is 11.8 Å². The van der Waals surface area contributed by atoms with Gasteiger partial charge in [0.1, 0.15) is 0 Å². The van der Waals surface area contributed by atoms with Crippen molar-refractivity contribution in [3.05, 3.63) is 0 Å². The Bertz CT molecular complexity index is 151. The largest absolute Gasteiger partial charge is 0.314 e. The second kappa shape index (κ2) is 4.70. The number of nitrogens with one attached hydrogen (secondary N) is 1. The zero-order valence-corrected chi connectivity index (χ0v) is 9.41. The SMILES string of the molecule is CC1CC(CC2CCCSC2)CN1. The molecule has 0 spiro atoms. The maximum Gasteiger partial charge on any atom is 0.00419 e. The van der Waals surface area contributed by atoms with Crippen LogP contribution in [-0.4, -0.2) is 24.1 Å². The van der Waals surface area contributed by atoms with Crippen molar-refractivity contribution < 1.29 is 0 Å². The maximum atomic E-state index is 3.55. The molecule has 0 bridgehead atoms. The van der Waals surface area contributed by atoms with Crippen molar-refractivity contribution in [1.82, 2.24) is 5.32 Å². The van der Waals surface area contributed by atoms with Gasteiger partial charge in [-0.2, -0.15) is 11.8 Å². The van der Waals surface area contributed by atoms with E-state index in [1.807, 2.05) is 0 Å². The molecule has 2 fully saturated rings. The highest BCUT2D eigenvalue weighted by Gasteiger charge is 2.24. The molecule has 0 aromatic heterocycles. The molecule has 0 aliphatic carbocycles. The lowest BCUT2D eigenvalue weighted by Crippen LogP contribution is -2.18. The Morgan fingerprint density at radius 1 is 1.38 bits per heavy atom. The van der Waals surface area contributed by atoms with E-state index in [1.165, 1.54) is 43.7 Å². The third-order valence-corrected chi connectivity index (χ3v) is 4.65. The topological polar surface area (TPSA) is 12.0 Å². The summed E-state index contributed by atoms with van der Waals surface area (Å²) in [4.78, 5) is 0. The first kappa shape index (κ1) is 9.85. The normalized spacial score (nSPS) is 40.8. The first-order valence-electron chi connectivity index (χ1n) is 5.65. The molecule has 2 heterocycles. The molecular formula is C11H21NS. The molecule has 2 aliphatic rings. The highest BCUT2D eigenvalue weighted by molar-refractivity contribution is 7.99. The fraction of sp³-hybridized carbons (Fsp3) is 1.00. The van der Waals surface area contributed by atoms with Crippen LogP contribution in [0.25, 0.3) is 0 Å². The van der Waals surface area contributed by atoms with Crippen molar-refractivity contribution in [2.75, 3.05) is 18.1 Å². The lowest BCUT2D eigenvalue weighted by molar-refractivity contribution is 0.388. The number of hydrogen-bond donors (Lipinski definition) is 1. The molecule has 1 N–H and O–H groups in total. The van der Waals surface area contributed by atoms with Crippen LogP contribution in [0.4, 0.5) is 0 Å². The summed E-state index contributed by atoms with van der Waals surface area (Å²) in [6, 6.07) is 0.779. The van der Waals surface area contributed by atoms with E-state index < -0.39 is 0 Å². The Hall–Kier alpha value is 0.310. The summed E-state index contributed by atoms with van der Waals surface area (Å²) in [5, 5.41) is 3.55. The average Bonchev–Trinajstić information content (AvgIpc) is 2.53. The Labute approximate surface area is 86.0 Å². The monoisotopic (exact) mass is 199 g/mol. The van der Waals surface area contributed by atoms with Crippen LogP contribution in [-0.2, 0) is 0 Å². The van der Waals surface area contributed by atoms with Gasteiger partial charge in [-0.1, -0.05) is 0 Å². The molecule has 13 heavy (non-hydrogen) atoms. The van der Waals surface area contributed by atoms with E-state index in [0.29, 0.717) is 0 Å². The fourth-order valence-electron chi connectivity index (χ4n) is 2.68. The van der Waals surface area contributed by atoms with E-state index in [4.69, 9.17) is 0 Å². The third kappa shape index (κ3) is 2.88. The molecule has 0 radical (unpaired) electrons. The second-order valence-corrected chi connectivity index (χ2v) is 5.88. The lowest BCUT2D eigenvalue weighted by Gasteiger charge is -2.23. The van der Waals surface area contributed by atoms with Crippen LogP contribution in [0.1, 0.15) is 32.6 Å². The Morgan fingerprint density at radius 3 is 2.92 bits per heavy atom. The summed E-state index contributed by atoms with van der Waals surface area (Å²) in [5.41, 5.74) is 0. The van der Waals surface area contributed by atoms with Crippen LogP contribution in [0, 0.1) is 11.8 Å². The Kier molecular flexibility index (Phi) is 3.56. The second-order valence-electron chi connectivity index (χ2n) is 4.73. The summed E-state index contributed by atoms with van der Waals surface area (Å²) < 4.78 is 0. The van der Waals surface area contributed by atoms with Gasteiger partial charge in [-0.05, 0) is 62.5 Å². The summed E-state index contributed by atoms with van der Waals surface area (Å²) >= 11 is 2.17. The molecule has 76 valence electrons. The molecule has 2 heteroatoms. The van der Waals surface area contributed by atoms with E-state index in [1.54, 1.807) is 0 Å². The molecule has 2 rings (SSSR count). The first-order chi connectivity index (χ1) is 6.34. The average molecular weight is 199 g/mol. The molecule has 0 saturated carbocycles. The van der Waals surface area contributed by atoms with Gasteiger partial charge < -0.3 is 5.32 Å². The maximum absolute atomic E-state index is 3.55. The molecule has 1 nitrogen and oxygen atoms in total. The van der Waals surface area contributed by atoms with Gasteiger partial charge in [0.15, 0.2) is 0 Å². The molecule has 0 amide bonds. The third-order valence-electron chi connectivity index (χ3n) is 3.36. The predicted octanol–water partition coefficient (Wildman–Crippen LogP) is 2.52. The van der Waals surface area contributed by atoms with Gasteiger partial charge in [-0.3, -0.25) is 0 Å². The number of hydrogen-bond acceptors (Lipinski definition) is 2. The van der Waals surface area contributed by atoms with Gasteiger partial charge in [0.05, 0.1) is 0 Å². The van der Waals surface area contributed by atoms with Gasteiger partial charge >= 0.3 is 0 Å². The van der Waals surface area contributed by atoms with Gasteiger partial charge in [-0.25, -0.2) is 0 Å². The zero-order chi connectivity index (χ0) is 9.10. The minimum atomic E-state index is 0.779.